The van der Waals surface area contributed by atoms with Crippen molar-refractivity contribution >= 4 is 4.40 Å². The van der Waals surface area contributed by atoms with Crippen LogP contribution in [0.3, 0.4) is 0 Å². The van der Waals surface area contributed by atoms with Crippen molar-refractivity contribution in [3.63, 3.8) is 0 Å². The van der Waals surface area contributed by atoms with Crippen molar-refractivity contribution in [3.8, 4) is 0 Å². The fraction of sp³-hybridized carbons (Fsp3) is 0.800. The first-order chi connectivity index (χ1) is 8.56. The molecule has 0 rings (SSSR count). The third-order valence-electron chi connectivity index (χ3n) is 0.354. The van der Waals surface area contributed by atoms with Gasteiger partial charge in [-0.2, -0.15) is 16.2 Å². The van der Waals surface area contributed by atoms with Crippen molar-refractivity contribution in [2.45, 2.75) is 83.1 Å². The SMILES string of the molecule is CC(C)(C)[CH]=[W].[CH2-]C(C)(C)C.[CH2-]C(C)(C)C.[CH2-]C(C)(C)C. The van der Waals surface area contributed by atoms with Gasteiger partial charge in [-0.25, -0.2) is 0 Å². The molecule has 21 heavy (non-hydrogen) atoms. The summed E-state index contributed by atoms with van der Waals surface area (Å²) in [6.07, 6.45) is 0. The second kappa shape index (κ2) is 12.0. The summed E-state index contributed by atoms with van der Waals surface area (Å²) in [6.45, 7) is 36.6. The molecule has 0 aromatic rings. The van der Waals surface area contributed by atoms with Gasteiger partial charge in [0.1, 0.15) is 0 Å². The Morgan fingerprint density at radius 1 is 0.524 bits per heavy atom. The summed E-state index contributed by atoms with van der Waals surface area (Å²) in [5, 5.41) is 0. The van der Waals surface area contributed by atoms with E-state index in [1.807, 2.05) is 0 Å². The van der Waals surface area contributed by atoms with E-state index < -0.39 is 0 Å². The van der Waals surface area contributed by atoms with Gasteiger partial charge in [-0.3, -0.25) is 0 Å². The van der Waals surface area contributed by atoms with Gasteiger partial charge in [-0.15, -0.1) is 0 Å². The van der Waals surface area contributed by atoms with Crippen LogP contribution in [0.2, 0.25) is 0 Å². The fourth-order valence-electron chi connectivity index (χ4n) is 0. The van der Waals surface area contributed by atoms with Crippen molar-refractivity contribution in [1.29, 1.82) is 0 Å². The van der Waals surface area contributed by atoms with Crippen LogP contribution in [0.4, 0.5) is 0 Å². The third-order valence-corrected chi connectivity index (χ3v) is 2.89. The molecule has 0 fully saturated rings. The molecule has 0 aromatic carbocycles. The van der Waals surface area contributed by atoms with Crippen molar-refractivity contribution < 1.29 is 19.4 Å². The van der Waals surface area contributed by atoms with Crippen LogP contribution in [0.15, 0.2) is 0 Å². The molecule has 0 atom stereocenters. The molecule has 0 saturated heterocycles. The molecule has 0 aliphatic rings. The maximum absolute atomic E-state index is 3.77. The van der Waals surface area contributed by atoms with Crippen molar-refractivity contribution in [1.82, 2.24) is 0 Å². The molecule has 0 unspecified atom stereocenters. The van der Waals surface area contributed by atoms with Crippen LogP contribution in [0.5, 0.6) is 0 Å². The number of hydrogen-bond donors (Lipinski definition) is 0. The average Bonchev–Trinajstić information content (AvgIpc) is 1.91. The zero-order valence-corrected chi connectivity index (χ0v) is 20.0. The van der Waals surface area contributed by atoms with Gasteiger partial charge < -0.3 is 20.8 Å². The Labute approximate surface area is 149 Å². The van der Waals surface area contributed by atoms with Crippen LogP contribution in [0.1, 0.15) is 83.1 Å². The monoisotopic (exact) mass is 467 g/mol. The number of hydrogen-bond acceptors (Lipinski definition) is 0. The minimum absolute atomic E-state index is 0.250. The molecule has 0 saturated carbocycles. The Morgan fingerprint density at radius 2 is 0.571 bits per heavy atom. The summed E-state index contributed by atoms with van der Waals surface area (Å²) in [5.41, 5.74) is 1.20. The molecule has 0 aromatic heterocycles. The Morgan fingerprint density at radius 3 is 0.571 bits per heavy atom. The molecule has 0 bridgehead atoms. The molecule has 0 aliphatic carbocycles. The minimum atomic E-state index is 0.250. The molecule has 0 nitrogen and oxygen atoms in total. The maximum Gasteiger partial charge on any atom is -0.0878 e. The first-order valence-corrected chi connectivity index (χ1v) is 9.28. The molecule has 0 spiro atoms. The Kier molecular flexibility index (Phi) is 16.9. The zero-order valence-electron chi connectivity index (χ0n) is 17.1. The van der Waals surface area contributed by atoms with E-state index in [0.29, 0.717) is 5.41 Å². The first-order valence-electron chi connectivity index (χ1n) is 7.59. The van der Waals surface area contributed by atoms with E-state index in [2.05, 4.69) is 108 Å². The van der Waals surface area contributed by atoms with E-state index in [1.54, 1.807) is 19.4 Å². The summed E-state index contributed by atoms with van der Waals surface area (Å²) in [5.74, 6) is 0. The van der Waals surface area contributed by atoms with Crippen LogP contribution < -0.4 is 0 Å². The molecule has 0 heterocycles. The van der Waals surface area contributed by atoms with E-state index in [1.165, 1.54) is 0 Å². The summed E-state index contributed by atoms with van der Waals surface area (Å²) < 4.78 is 2.27. The second-order valence-corrected chi connectivity index (χ2v) is 11.0. The summed E-state index contributed by atoms with van der Waals surface area (Å²) in [4.78, 5) is 0. The maximum atomic E-state index is 3.77. The average molecular weight is 467 g/mol. The number of rotatable bonds is 0. The zero-order chi connectivity index (χ0) is 18.7. The van der Waals surface area contributed by atoms with E-state index in [0.717, 1.165) is 0 Å². The summed E-state index contributed by atoms with van der Waals surface area (Å²) in [7, 11) is 0. The molecular weight excluding hydrogens is 424 g/mol. The van der Waals surface area contributed by atoms with Gasteiger partial charge in [0.2, 0.25) is 0 Å². The van der Waals surface area contributed by atoms with Gasteiger partial charge in [-0.05, 0) is 0 Å². The summed E-state index contributed by atoms with van der Waals surface area (Å²) >= 11 is 1.57. The van der Waals surface area contributed by atoms with Gasteiger partial charge in [0.15, 0.2) is 0 Å². The molecule has 0 N–H and O–H groups in total. The Balaban J connectivity index is -0.0000000921. The van der Waals surface area contributed by atoms with Crippen LogP contribution in [0, 0.1) is 42.4 Å². The van der Waals surface area contributed by atoms with E-state index >= 15 is 0 Å². The van der Waals surface area contributed by atoms with E-state index in [-0.39, 0.29) is 16.2 Å². The topological polar surface area (TPSA) is 0 Å². The largest absolute Gasteiger partial charge is 0.338 e. The molecule has 0 amide bonds. The predicted molar refractivity (Wildman–Crippen MR) is 100.0 cm³/mol. The molecule has 0 radical (unpaired) electrons. The van der Waals surface area contributed by atoms with Gasteiger partial charge in [0, 0.05) is 0 Å². The third kappa shape index (κ3) is 559. The van der Waals surface area contributed by atoms with Crippen molar-refractivity contribution in [2.24, 2.45) is 21.7 Å². The second-order valence-electron chi connectivity index (χ2n) is 10.2. The minimum Gasteiger partial charge on any atom is -0.338 e. The van der Waals surface area contributed by atoms with Crippen molar-refractivity contribution in [3.05, 3.63) is 20.8 Å². The molecule has 1 heteroatoms. The van der Waals surface area contributed by atoms with E-state index in [4.69, 9.17) is 0 Å². The van der Waals surface area contributed by atoms with Crippen LogP contribution in [-0.4, -0.2) is 4.40 Å². The van der Waals surface area contributed by atoms with Crippen LogP contribution in [-0.2, 0) is 19.4 Å². The quantitative estimate of drug-likeness (QED) is 0.337. The van der Waals surface area contributed by atoms with Gasteiger partial charge >= 0.3 is 49.9 Å². The van der Waals surface area contributed by atoms with Gasteiger partial charge in [0.05, 0.1) is 0 Å². The molecule has 0 aliphatic heterocycles. The smallest absolute Gasteiger partial charge is 0.0878 e. The van der Waals surface area contributed by atoms with Gasteiger partial charge in [0.25, 0.3) is 0 Å². The van der Waals surface area contributed by atoms with Gasteiger partial charge in [-0.1, -0.05) is 62.3 Å². The summed E-state index contributed by atoms with van der Waals surface area (Å²) in [6, 6.07) is 0. The molecule has 132 valence electrons. The fourth-order valence-corrected chi connectivity index (χ4v) is 0. The van der Waals surface area contributed by atoms with Crippen LogP contribution >= 0.6 is 0 Å². The standard InChI is InChI=1S/3C5H11.C5H10.W/c4*1-5(2,3)4;/h3*1H2,2-4H3;1H,2-4H3;/q3*-1;;. The Hall–Kier alpha value is 0.558. The van der Waals surface area contributed by atoms with Crippen molar-refractivity contribution in [2.75, 3.05) is 0 Å². The predicted octanol–water partition coefficient (Wildman–Crippen LogP) is 6.98. The van der Waals surface area contributed by atoms with Crippen LogP contribution in [0.25, 0.3) is 0 Å². The molecular formula is C20H43W-3. The Bertz CT molecular complexity index is 176. The normalized spacial score (nSPS) is 11.8. The first kappa shape index (κ1) is 29.6. The van der Waals surface area contributed by atoms with E-state index in [9.17, 15) is 0 Å².